The summed E-state index contributed by atoms with van der Waals surface area (Å²) in [5.41, 5.74) is 0.426. The van der Waals surface area contributed by atoms with Crippen LogP contribution in [0.25, 0.3) is 0 Å². The molecule has 5 nitrogen and oxygen atoms in total. The number of hydrogen-bond donors (Lipinski definition) is 1. The summed E-state index contributed by atoms with van der Waals surface area (Å²) in [6.07, 6.45) is 1.74. The standard InChI is InChI=1S/C14H20N2O3S/c1-11(17)12-5-3-7-14(9-12)20(18,19)16-8-4-6-13(16)10-15-2/h3,5,7,9,13,15H,4,6,8,10H2,1-2H3. The van der Waals surface area contributed by atoms with Crippen LogP contribution in [0.1, 0.15) is 30.1 Å². The molecule has 1 unspecified atom stereocenters. The van der Waals surface area contributed by atoms with Gasteiger partial charge in [0.2, 0.25) is 10.0 Å². The lowest BCUT2D eigenvalue weighted by molar-refractivity contribution is 0.101. The number of nitrogens with zero attached hydrogens (tertiary/aromatic N) is 1. The number of sulfonamides is 1. The molecule has 2 rings (SSSR count). The van der Waals surface area contributed by atoms with E-state index < -0.39 is 10.0 Å². The van der Waals surface area contributed by atoms with Crippen LogP contribution in [0.4, 0.5) is 0 Å². The number of carbonyl (C=O) groups excluding carboxylic acids is 1. The van der Waals surface area contributed by atoms with Crippen molar-refractivity contribution in [1.82, 2.24) is 9.62 Å². The first-order valence-corrected chi connectivity index (χ1v) is 8.18. The SMILES string of the molecule is CNCC1CCCN1S(=O)(=O)c1cccc(C(C)=O)c1. The molecule has 0 spiro atoms. The Hall–Kier alpha value is -1.24. The number of benzene rings is 1. The van der Waals surface area contributed by atoms with Gasteiger partial charge in [0.25, 0.3) is 0 Å². The molecule has 0 saturated carbocycles. The lowest BCUT2D eigenvalue weighted by atomic mass is 10.2. The molecule has 1 aromatic carbocycles. The number of rotatable bonds is 5. The molecule has 6 heteroatoms. The van der Waals surface area contributed by atoms with Crippen LogP contribution in [0.2, 0.25) is 0 Å². The third-order valence-corrected chi connectivity index (χ3v) is 5.56. The summed E-state index contributed by atoms with van der Waals surface area (Å²) in [6.45, 7) is 2.62. The maximum atomic E-state index is 12.7. The van der Waals surface area contributed by atoms with Gasteiger partial charge in [0, 0.05) is 24.7 Å². The Labute approximate surface area is 120 Å². The highest BCUT2D eigenvalue weighted by molar-refractivity contribution is 7.89. The quantitative estimate of drug-likeness (QED) is 0.831. The van der Waals surface area contributed by atoms with Crippen LogP contribution in [-0.4, -0.2) is 44.7 Å². The van der Waals surface area contributed by atoms with E-state index in [2.05, 4.69) is 5.32 Å². The van der Waals surface area contributed by atoms with Crippen molar-refractivity contribution in [1.29, 1.82) is 0 Å². The number of Topliss-reactive ketones (excluding diaryl/α,β-unsaturated/α-hetero) is 1. The van der Waals surface area contributed by atoms with Crippen molar-refractivity contribution in [2.24, 2.45) is 0 Å². The van der Waals surface area contributed by atoms with Gasteiger partial charge in [-0.1, -0.05) is 12.1 Å². The Bertz CT molecular complexity index is 598. The highest BCUT2D eigenvalue weighted by atomic mass is 32.2. The zero-order valence-corrected chi connectivity index (χ0v) is 12.6. The van der Waals surface area contributed by atoms with Crippen molar-refractivity contribution in [3.63, 3.8) is 0 Å². The minimum absolute atomic E-state index is 0.00835. The molecule has 1 aliphatic rings. The van der Waals surface area contributed by atoms with E-state index in [9.17, 15) is 13.2 Å². The van der Waals surface area contributed by atoms with E-state index in [1.165, 1.54) is 13.0 Å². The first-order chi connectivity index (χ1) is 9.46. The Morgan fingerprint density at radius 1 is 1.45 bits per heavy atom. The molecule has 0 aliphatic carbocycles. The average Bonchev–Trinajstić information content (AvgIpc) is 2.88. The third-order valence-electron chi connectivity index (χ3n) is 3.61. The van der Waals surface area contributed by atoms with Crippen LogP contribution < -0.4 is 5.32 Å². The van der Waals surface area contributed by atoms with E-state index in [1.807, 2.05) is 7.05 Å². The maximum Gasteiger partial charge on any atom is 0.243 e. The fourth-order valence-electron chi connectivity index (χ4n) is 2.58. The molecule has 0 radical (unpaired) electrons. The van der Waals surface area contributed by atoms with E-state index in [-0.39, 0.29) is 16.7 Å². The van der Waals surface area contributed by atoms with Gasteiger partial charge >= 0.3 is 0 Å². The zero-order chi connectivity index (χ0) is 14.8. The minimum Gasteiger partial charge on any atom is -0.318 e. The lowest BCUT2D eigenvalue weighted by Crippen LogP contribution is -2.40. The number of nitrogens with one attached hydrogen (secondary N) is 1. The molecule has 1 aliphatic heterocycles. The van der Waals surface area contributed by atoms with Crippen molar-refractivity contribution in [2.75, 3.05) is 20.1 Å². The molecule has 1 aromatic rings. The molecule has 1 fully saturated rings. The smallest absolute Gasteiger partial charge is 0.243 e. The molecule has 0 amide bonds. The monoisotopic (exact) mass is 296 g/mol. The molecule has 0 aromatic heterocycles. The number of ketones is 1. The topological polar surface area (TPSA) is 66.5 Å². The van der Waals surface area contributed by atoms with Gasteiger partial charge in [0.05, 0.1) is 4.90 Å². The summed E-state index contributed by atoms with van der Waals surface area (Å²) in [5.74, 6) is -0.129. The molecule has 1 N–H and O–H groups in total. The molecule has 110 valence electrons. The Morgan fingerprint density at radius 3 is 2.85 bits per heavy atom. The Kier molecular flexibility index (Phi) is 4.57. The van der Waals surface area contributed by atoms with E-state index in [0.29, 0.717) is 18.7 Å². The van der Waals surface area contributed by atoms with Gasteiger partial charge < -0.3 is 5.32 Å². The molecular formula is C14H20N2O3S. The summed E-state index contributed by atoms with van der Waals surface area (Å²) in [6, 6.07) is 6.26. The second kappa shape index (κ2) is 6.03. The summed E-state index contributed by atoms with van der Waals surface area (Å²) in [4.78, 5) is 11.6. The third kappa shape index (κ3) is 2.92. The van der Waals surface area contributed by atoms with Crippen molar-refractivity contribution in [3.8, 4) is 0 Å². The first-order valence-electron chi connectivity index (χ1n) is 6.74. The second-order valence-corrected chi connectivity index (χ2v) is 6.94. The Morgan fingerprint density at radius 2 is 2.20 bits per heavy atom. The largest absolute Gasteiger partial charge is 0.318 e. The van der Waals surface area contributed by atoms with Gasteiger partial charge in [-0.2, -0.15) is 4.31 Å². The molecule has 0 bridgehead atoms. The molecular weight excluding hydrogens is 276 g/mol. The van der Waals surface area contributed by atoms with Crippen molar-refractivity contribution < 1.29 is 13.2 Å². The van der Waals surface area contributed by atoms with Gasteiger partial charge in [-0.15, -0.1) is 0 Å². The van der Waals surface area contributed by atoms with Gasteiger partial charge in [-0.05, 0) is 38.9 Å². The maximum absolute atomic E-state index is 12.7. The van der Waals surface area contributed by atoms with Crippen LogP contribution in [0.3, 0.4) is 0 Å². The molecule has 1 heterocycles. The second-order valence-electron chi connectivity index (χ2n) is 5.05. The fraction of sp³-hybridized carbons (Fsp3) is 0.500. The Balaban J connectivity index is 2.34. The number of likely N-dealkylation sites (N-methyl/N-ethyl adjacent to an activating group) is 1. The summed E-state index contributed by atoms with van der Waals surface area (Å²) in [7, 11) is -1.71. The fourth-order valence-corrected chi connectivity index (χ4v) is 4.32. The van der Waals surface area contributed by atoms with Crippen molar-refractivity contribution in [2.45, 2.75) is 30.7 Å². The summed E-state index contributed by atoms with van der Waals surface area (Å²) < 4.78 is 26.9. The van der Waals surface area contributed by atoms with Gasteiger partial charge in [-0.25, -0.2) is 8.42 Å². The van der Waals surface area contributed by atoms with E-state index >= 15 is 0 Å². The first kappa shape index (κ1) is 15.2. The highest BCUT2D eigenvalue weighted by Gasteiger charge is 2.34. The van der Waals surface area contributed by atoms with Crippen LogP contribution in [0.15, 0.2) is 29.2 Å². The van der Waals surface area contributed by atoms with Crippen molar-refractivity contribution >= 4 is 15.8 Å². The van der Waals surface area contributed by atoms with Crippen LogP contribution in [0.5, 0.6) is 0 Å². The van der Waals surface area contributed by atoms with Crippen LogP contribution in [0, 0.1) is 0 Å². The van der Waals surface area contributed by atoms with Crippen LogP contribution in [-0.2, 0) is 10.0 Å². The lowest BCUT2D eigenvalue weighted by Gasteiger charge is -2.24. The zero-order valence-electron chi connectivity index (χ0n) is 11.8. The van der Waals surface area contributed by atoms with Gasteiger partial charge in [0.15, 0.2) is 5.78 Å². The molecule has 20 heavy (non-hydrogen) atoms. The van der Waals surface area contributed by atoms with Crippen LogP contribution >= 0.6 is 0 Å². The van der Waals surface area contributed by atoms with E-state index in [4.69, 9.17) is 0 Å². The van der Waals surface area contributed by atoms with Crippen molar-refractivity contribution in [3.05, 3.63) is 29.8 Å². The average molecular weight is 296 g/mol. The highest BCUT2D eigenvalue weighted by Crippen LogP contribution is 2.26. The van der Waals surface area contributed by atoms with Gasteiger partial charge in [-0.3, -0.25) is 4.79 Å². The van der Waals surface area contributed by atoms with Gasteiger partial charge in [0.1, 0.15) is 0 Å². The van der Waals surface area contributed by atoms with E-state index in [1.54, 1.807) is 22.5 Å². The predicted molar refractivity (Wildman–Crippen MR) is 77.3 cm³/mol. The number of hydrogen-bond acceptors (Lipinski definition) is 4. The summed E-state index contributed by atoms with van der Waals surface area (Å²) in [5, 5.41) is 3.03. The van der Waals surface area contributed by atoms with E-state index in [0.717, 1.165) is 12.8 Å². The molecule has 1 atom stereocenters. The normalized spacial score (nSPS) is 20.2. The number of carbonyl (C=O) groups is 1. The molecule has 1 saturated heterocycles. The predicted octanol–water partition coefficient (Wildman–Crippen LogP) is 1.26. The minimum atomic E-state index is -3.52. The summed E-state index contributed by atoms with van der Waals surface area (Å²) >= 11 is 0.